The topological polar surface area (TPSA) is 114 Å². The first kappa shape index (κ1) is 26.4. The van der Waals surface area contributed by atoms with Gasteiger partial charge in [-0.15, -0.1) is 0 Å². The molecule has 188 valence electrons. The molecule has 2 atom stereocenters. The first-order valence-corrected chi connectivity index (χ1v) is 11.5. The normalized spacial score (nSPS) is 13.1. The van der Waals surface area contributed by atoms with E-state index in [2.05, 4.69) is 10.6 Å². The highest BCUT2D eigenvalue weighted by molar-refractivity contribution is 5.93. The van der Waals surface area contributed by atoms with Crippen molar-refractivity contribution in [3.63, 3.8) is 0 Å². The molecule has 3 aromatic carbocycles. The number of carbonyl (C=O) groups excluding carboxylic acids is 3. The fraction of sp³-hybridized carbons (Fsp3) is 0.250. The number of aliphatic hydroxyl groups excluding tert-OH is 1. The number of hydrogen-bond donors (Lipinski definition) is 3. The molecule has 3 N–H and O–H groups in total. The van der Waals surface area contributed by atoms with Gasteiger partial charge in [0.15, 0.2) is 0 Å². The van der Waals surface area contributed by atoms with Gasteiger partial charge in [-0.05, 0) is 16.7 Å². The molecule has 0 aliphatic carbocycles. The van der Waals surface area contributed by atoms with Crippen molar-refractivity contribution in [2.45, 2.75) is 31.0 Å². The van der Waals surface area contributed by atoms with E-state index >= 15 is 0 Å². The molecular formula is C28H30N2O6. The Morgan fingerprint density at radius 1 is 0.833 bits per heavy atom. The van der Waals surface area contributed by atoms with Gasteiger partial charge in [-0.3, -0.25) is 4.79 Å². The van der Waals surface area contributed by atoms with Gasteiger partial charge >= 0.3 is 12.1 Å². The molecule has 0 spiro atoms. The predicted octanol–water partition coefficient (Wildman–Crippen LogP) is 2.79. The van der Waals surface area contributed by atoms with Gasteiger partial charge in [0.05, 0.1) is 13.7 Å². The first-order valence-electron chi connectivity index (χ1n) is 11.5. The van der Waals surface area contributed by atoms with E-state index in [-0.39, 0.29) is 19.4 Å². The van der Waals surface area contributed by atoms with Crippen LogP contribution in [-0.2, 0) is 38.5 Å². The predicted molar refractivity (Wildman–Crippen MR) is 134 cm³/mol. The largest absolute Gasteiger partial charge is 0.467 e. The number of esters is 1. The van der Waals surface area contributed by atoms with E-state index in [1.54, 1.807) is 36.4 Å². The smallest absolute Gasteiger partial charge is 0.408 e. The van der Waals surface area contributed by atoms with Crippen LogP contribution in [0.2, 0.25) is 0 Å². The second-order valence-electron chi connectivity index (χ2n) is 8.33. The third-order valence-corrected chi connectivity index (χ3v) is 5.68. The fourth-order valence-corrected chi connectivity index (χ4v) is 3.73. The molecule has 0 aliphatic heterocycles. The van der Waals surface area contributed by atoms with Crippen LogP contribution in [0.15, 0.2) is 91.0 Å². The Morgan fingerprint density at radius 3 is 1.89 bits per heavy atom. The number of aliphatic hydroxyl groups is 1. The minimum absolute atomic E-state index is 0.0140. The van der Waals surface area contributed by atoms with Crippen LogP contribution in [0.5, 0.6) is 0 Å². The van der Waals surface area contributed by atoms with Gasteiger partial charge in [-0.2, -0.15) is 0 Å². The van der Waals surface area contributed by atoms with Crippen LogP contribution < -0.4 is 10.6 Å². The highest BCUT2D eigenvalue weighted by atomic mass is 16.5. The molecule has 0 saturated heterocycles. The number of benzene rings is 3. The standard InChI is InChI=1S/C28H30N2O6/c1-35-25(32)24(17-21-11-5-2-6-12-21)29-26(33)28(20-31,18-22-13-7-3-8-14-22)30-27(34)36-19-23-15-9-4-10-16-23/h2-16,24,31H,17-20H2,1H3,(H,29,33)(H,30,34)/t24-,28-/m0/s1. The van der Waals surface area contributed by atoms with Gasteiger partial charge in [0, 0.05) is 12.8 Å². The molecule has 0 unspecified atom stereocenters. The molecule has 0 heterocycles. The van der Waals surface area contributed by atoms with Gasteiger partial charge in [0.2, 0.25) is 5.91 Å². The third kappa shape index (κ3) is 7.41. The van der Waals surface area contributed by atoms with Crippen LogP contribution in [0, 0.1) is 0 Å². The lowest BCUT2D eigenvalue weighted by Gasteiger charge is -2.32. The molecule has 8 heteroatoms. The Labute approximate surface area is 210 Å². The van der Waals surface area contributed by atoms with Gasteiger partial charge in [-0.25, -0.2) is 9.59 Å². The van der Waals surface area contributed by atoms with Gasteiger partial charge < -0.3 is 25.2 Å². The van der Waals surface area contributed by atoms with Crippen molar-refractivity contribution < 1.29 is 29.0 Å². The maximum absolute atomic E-state index is 13.6. The molecule has 8 nitrogen and oxygen atoms in total. The zero-order chi connectivity index (χ0) is 25.8. The quantitative estimate of drug-likeness (QED) is 0.356. The molecule has 0 saturated carbocycles. The fourth-order valence-electron chi connectivity index (χ4n) is 3.73. The second kappa shape index (κ2) is 13.1. The van der Waals surface area contributed by atoms with E-state index in [1.807, 2.05) is 54.6 Å². The van der Waals surface area contributed by atoms with Crippen LogP contribution >= 0.6 is 0 Å². The minimum Gasteiger partial charge on any atom is -0.467 e. The summed E-state index contributed by atoms with van der Waals surface area (Å²) in [5, 5.41) is 15.6. The number of hydrogen-bond acceptors (Lipinski definition) is 6. The molecule has 0 fully saturated rings. The number of carbonyl (C=O) groups is 3. The van der Waals surface area contributed by atoms with Gasteiger partial charge in [-0.1, -0.05) is 91.0 Å². The van der Waals surface area contributed by atoms with Gasteiger partial charge in [0.25, 0.3) is 0 Å². The van der Waals surface area contributed by atoms with Crippen LogP contribution in [0.4, 0.5) is 4.79 Å². The SMILES string of the molecule is COC(=O)[C@H](Cc1ccccc1)NC(=O)[C@@](CO)(Cc1ccccc1)NC(=O)OCc1ccccc1. The molecule has 0 bridgehead atoms. The molecule has 0 aromatic heterocycles. The monoisotopic (exact) mass is 490 g/mol. The lowest BCUT2D eigenvalue weighted by Crippen LogP contribution is -2.64. The number of ether oxygens (including phenoxy) is 2. The summed E-state index contributed by atoms with van der Waals surface area (Å²) >= 11 is 0. The van der Waals surface area contributed by atoms with Crippen molar-refractivity contribution in [3.8, 4) is 0 Å². The summed E-state index contributed by atoms with van der Waals surface area (Å²) in [5.74, 6) is -1.39. The van der Waals surface area contributed by atoms with Crippen LogP contribution in [-0.4, -0.2) is 48.4 Å². The van der Waals surface area contributed by atoms with Crippen LogP contribution in [0.25, 0.3) is 0 Å². The molecule has 2 amide bonds. The summed E-state index contributed by atoms with van der Waals surface area (Å²) < 4.78 is 10.2. The second-order valence-corrected chi connectivity index (χ2v) is 8.33. The number of rotatable bonds is 11. The van der Waals surface area contributed by atoms with Crippen LogP contribution in [0.3, 0.4) is 0 Å². The Hall–Kier alpha value is -4.17. The molecule has 0 radical (unpaired) electrons. The molecule has 3 aromatic rings. The zero-order valence-electron chi connectivity index (χ0n) is 20.1. The summed E-state index contributed by atoms with van der Waals surface area (Å²) in [7, 11) is 1.23. The Balaban J connectivity index is 1.82. The van der Waals surface area contributed by atoms with E-state index in [0.29, 0.717) is 5.56 Å². The summed E-state index contributed by atoms with van der Waals surface area (Å²) in [5.41, 5.74) is 0.477. The molecular weight excluding hydrogens is 460 g/mol. The highest BCUT2D eigenvalue weighted by Crippen LogP contribution is 2.17. The lowest BCUT2D eigenvalue weighted by atomic mass is 9.89. The number of nitrogens with one attached hydrogen (secondary N) is 2. The third-order valence-electron chi connectivity index (χ3n) is 5.68. The maximum atomic E-state index is 13.6. The van der Waals surface area contributed by atoms with E-state index < -0.39 is 36.2 Å². The summed E-state index contributed by atoms with van der Waals surface area (Å²) in [6, 6.07) is 26.1. The summed E-state index contributed by atoms with van der Waals surface area (Å²) in [4.78, 5) is 38.8. The molecule has 0 aliphatic rings. The van der Waals surface area contributed by atoms with E-state index in [1.165, 1.54) is 7.11 Å². The Bertz CT molecular complexity index is 1120. The van der Waals surface area contributed by atoms with Crippen molar-refractivity contribution in [2.75, 3.05) is 13.7 Å². The molecule has 3 rings (SSSR count). The average molecular weight is 491 g/mol. The number of amides is 2. The van der Waals surface area contributed by atoms with E-state index in [4.69, 9.17) is 9.47 Å². The zero-order valence-corrected chi connectivity index (χ0v) is 20.1. The molecule has 36 heavy (non-hydrogen) atoms. The Kier molecular flexibility index (Phi) is 9.59. The first-order chi connectivity index (χ1) is 17.5. The van der Waals surface area contributed by atoms with Gasteiger partial charge in [0.1, 0.15) is 18.2 Å². The number of methoxy groups -OCH3 is 1. The van der Waals surface area contributed by atoms with Crippen molar-refractivity contribution >= 4 is 18.0 Å². The van der Waals surface area contributed by atoms with Crippen molar-refractivity contribution in [2.24, 2.45) is 0 Å². The summed E-state index contributed by atoms with van der Waals surface area (Å²) in [6.45, 7) is -0.743. The minimum atomic E-state index is -1.79. The summed E-state index contributed by atoms with van der Waals surface area (Å²) in [6.07, 6.45) is -0.739. The van der Waals surface area contributed by atoms with Crippen LogP contribution in [0.1, 0.15) is 16.7 Å². The van der Waals surface area contributed by atoms with Crippen molar-refractivity contribution in [1.82, 2.24) is 10.6 Å². The van der Waals surface area contributed by atoms with E-state index in [9.17, 15) is 19.5 Å². The Morgan fingerprint density at radius 2 is 1.36 bits per heavy atom. The van der Waals surface area contributed by atoms with E-state index in [0.717, 1.165) is 11.1 Å². The van der Waals surface area contributed by atoms with Crippen molar-refractivity contribution in [3.05, 3.63) is 108 Å². The maximum Gasteiger partial charge on any atom is 0.408 e. The highest BCUT2D eigenvalue weighted by Gasteiger charge is 2.42. The number of alkyl carbamates (subject to hydrolysis) is 1. The average Bonchev–Trinajstić information content (AvgIpc) is 2.92. The van der Waals surface area contributed by atoms with Crippen molar-refractivity contribution in [1.29, 1.82) is 0 Å². The lowest BCUT2D eigenvalue weighted by molar-refractivity contribution is -0.146.